The van der Waals surface area contributed by atoms with Gasteiger partial charge in [0.2, 0.25) is 5.91 Å². The average molecular weight is 329 g/mol. The van der Waals surface area contributed by atoms with Gasteiger partial charge in [0.15, 0.2) is 0 Å². The number of benzene rings is 1. The zero-order chi connectivity index (χ0) is 16.2. The molecule has 0 radical (unpaired) electrons. The minimum atomic E-state index is -0.164. The first-order chi connectivity index (χ1) is 11.1. The van der Waals surface area contributed by atoms with Crippen LogP contribution >= 0.6 is 11.8 Å². The largest absolute Gasteiger partial charge is 0.352 e. The van der Waals surface area contributed by atoms with Crippen LogP contribution in [0.25, 0.3) is 10.9 Å². The third-order valence-corrected chi connectivity index (χ3v) is 5.72. The van der Waals surface area contributed by atoms with Crippen molar-refractivity contribution in [3.63, 3.8) is 0 Å². The lowest BCUT2D eigenvalue weighted by atomic mass is 9.86. The van der Waals surface area contributed by atoms with Crippen molar-refractivity contribution in [3.05, 3.63) is 30.6 Å². The lowest BCUT2D eigenvalue weighted by Crippen LogP contribution is -2.44. The normalized spacial score (nSPS) is 22.7. The Morgan fingerprint density at radius 2 is 2.04 bits per heavy atom. The molecule has 1 N–H and O–H groups in total. The number of nitrogens with one attached hydrogen (secondary N) is 1. The number of amides is 1. The predicted octanol–water partition coefficient (Wildman–Crippen LogP) is 3.81. The van der Waals surface area contributed by atoms with Gasteiger partial charge in [-0.3, -0.25) is 4.79 Å². The monoisotopic (exact) mass is 329 g/mol. The lowest BCUT2D eigenvalue weighted by molar-refractivity contribution is -0.121. The maximum Gasteiger partial charge on any atom is 0.233 e. The Morgan fingerprint density at radius 1 is 1.26 bits per heavy atom. The molecule has 1 aromatic heterocycles. The van der Waals surface area contributed by atoms with E-state index >= 15 is 0 Å². The first-order valence-electron chi connectivity index (χ1n) is 8.32. The molecule has 122 valence electrons. The van der Waals surface area contributed by atoms with Crippen molar-refractivity contribution in [2.75, 3.05) is 0 Å². The van der Waals surface area contributed by atoms with E-state index in [1.807, 2.05) is 31.2 Å². The van der Waals surface area contributed by atoms with Crippen LogP contribution in [0.3, 0.4) is 0 Å². The van der Waals surface area contributed by atoms with Crippen LogP contribution in [0.1, 0.15) is 39.5 Å². The van der Waals surface area contributed by atoms with E-state index in [9.17, 15) is 4.79 Å². The van der Waals surface area contributed by atoms with Gasteiger partial charge in [-0.15, -0.1) is 0 Å². The van der Waals surface area contributed by atoms with Crippen LogP contribution in [0.5, 0.6) is 0 Å². The quantitative estimate of drug-likeness (QED) is 0.684. The third-order valence-electron chi connectivity index (χ3n) is 4.60. The molecule has 1 saturated carbocycles. The second-order valence-corrected chi connectivity index (χ2v) is 7.66. The molecule has 0 saturated heterocycles. The molecule has 1 heterocycles. The molecule has 0 unspecified atom stereocenters. The highest BCUT2D eigenvalue weighted by Crippen LogP contribution is 2.29. The van der Waals surface area contributed by atoms with Crippen molar-refractivity contribution in [1.82, 2.24) is 15.3 Å². The van der Waals surface area contributed by atoms with Crippen LogP contribution in [0.2, 0.25) is 0 Å². The predicted molar refractivity (Wildman–Crippen MR) is 94.4 cm³/mol. The van der Waals surface area contributed by atoms with Crippen molar-refractivity contribution in [1.29, 1.82) is 0 Å². The molecule has 3 atom stereocenters. The number of carbonyl (C=O) groups is 1. The van der Waals surface area contributed by atoms with Crippen molar-refractivity contribution < 1.29 is 4.79 Å². The summed E-state index contributed by atoms with van der Waals surface area (Å²) in [7, 11) is 0. The summed E-state index contributed by atoms with van der Waals surface area (Å²) in [5, 5.41) is 4.94. The second kappa shape index (κ2) is 7.30. The fourth-order valence-electron chi connectivity index (χ4n) is 3.13. The summed E-state index contributed by atoms with van der Waals surface area (Å²) in [6, 6.07) is 8.23. The molecule has 1 amide bonds. The third kappa shape index (κ3) is 3.83. The molecule has 1 aliphatic carbocycles. The molecule has 5 heteroatoms. The number of rotatable bonds is 4. The number of hydrogen-bond donors (Lipinski definition) is 1. The summed E-state index contributed by atoms with van der Waals surface area (Å²) < 4.78 is 0. The van der Waals surface area contributed by atoms with Gasteiger partial charge in [-0.25, -0.2) is 9.97 Å². The number of carbonyl (C=O) groups excluding carboxylic acids is 1. The Balaban J connectivity index is 1.68. The van der Waals surface area contributed by atoms with E-state index in [0.29, 0.717) is 12.0 Å². The van der Waals surface area contributed by atoms with Gasteiger partial charge in [-0.2, -0.15) is 0 Å². The highest BCUT2D eigenvalue weighted by molar-refractivity contribution is 8.00. The highest BCUT2D eigenvalue weighted by Gasteiger charge is 2.25. The van der Waals surface area contributed by atoms with Gasteiger partial charge in [0.25, 0.3) is 0 Å². The minimum Gasteiger partial charge on any atom is -0.352 e. The zero-order valence-corrected chi connectivity index (χ0v) is 14.5. The highest BCUT2D eigenvalue weighted by atomic mass is 32.2. The molecular weight excluding hydrogens is 306 g/mol. The molecule has 1 aliphatic rings. The van der Waals surface area contributed by atoms with Gasteiger partial charge in [0.05, 0.1) is 10.8 Å². The summed E-state index contributed by atoms with van der Waals surface area (Å²) in [5.41, 5.74) is 0.915. The van der Waals surface area contributed by atoms with Crippen LogP contribution in [0.15, 0.2) is 35.6 Å². The zero-order valence-electron chi connectivity index (χ0n) is 13.7. The summed E-state index contributed by atoms with van der Waals surface area (Å²) >= 11 is 1.51. The number of nitrogens with zero attached hydrogens (tertiary/aromatic N) is 2. The Kier molecular flexibility index (Phi) is 5.16. The maximum atomic E-state index is 12.5. The van der Waals surface area contributed by atoms with Crippen LogP contribution in [-0.2, 0) is 4.79 Å². The van der Waals surface area contributed by atoms with E-state index in [1.165, 1.54) is 31.0 Å². The van der Waals surface area contributed by atoms with E-state index in [1.54, 1.807) is 6.33 Å². The van der Waals surface area contributed by atoms with Crippen LogP contribution in [0, 0.1) is 5.92 Å². The summed E-state index contributed by atoms with van der Waals surface area (Å²) in [6.07, 6.45) is 6.38. The number of aromatic nitrogens is 2. The topological polar surface area (TPSA) is 54.9 Å². The summed E-state index contributed by atoms with van der Waals surface area (Å²) in [5.74, 6) is 0.682. The first kappa shape index (κ1) is 16.2. The van der Waals surface area contributed by atoms with Gasteiger partial charge < -0.3 is 5.32 Å². The smallest absolute Gasteiger partial charge is 0.233 e. The number of para-hydroxylation sites is 1. The average Bonchev–Trinajstić information content (AvgIpc) is 2.57. The van der Waals surface area contributed by atoms with E-state index in [2.05, 4.69) is 22.2 Å². The van der Waals surface area contributed by atoms with Crippen molar-refractivity contribution >= 4 is 28.6 Å². The second-order valence-electron chi connectivity index (χ2n) is 6.33. The van der Waals surface area contributed by atoms with Crippen molar-refractivity contribution in [3.8, 4) is 0 Å². The molecule has 0 bridgehead atoms. The van der Waals surface area contributed by atoms with E-state index in [4.69, 9.17) is 0 Å². The fourth-order valence-corrected chi connectivity index (χ4v) is 4.04. The van der Waals surface area contributed by atoms with Crippen LogP contribution in [0.4, 0.5) is 0 Å². The van der Waals surface area contributed by atoms with Gasteiger partial charge >= 0.3 is 0 Å². The Bertz CT molecular complexity index is 686. The number of hydrogen-bond acceptors (Lipinski definition) is 4. The number of fused-ring (bicyclic) bond motifs is 1. The van der Waals surface area contributed by atoms with E-state index < -0.39 is 0 Å². The van der Waals surface area contributed by atoms with Gasteiger partial charge in [0, 0.05) is 11.4 Å². The van der Waals surface area contributed by atoms with Crippen molar-refractivity contribution in [2.24, 2.45) is 5.92 Å². The SMILES string of the molecule is C[C@@H]1CCCC[C@H]1NC(=O)[C@@H](C)Sc1ncnc2ccccc12. The van der Waals surface area contributed by atoms with Gasteiger partial charge in [0.1, 0.15) is 11.4 Å². The molecule has 1 fully saturated rings. The number of thioether (sulfide) groups is 1. The first-order valence-corrected chi connectivity index (χ1v) is 9.20. The van der Waals surface area contributed by atoms with E-state index in [0.717, 1.165) is 22.3 Å². The van der Waals surface area contributed by atoms with Gasteiger partial charge in [-0.1, -0.05) is 49.7 Å². The molecule has 0 aliphatic heterocycles. The minimum absolute atomic E-state index is 0.108. The maximum absolute atomic E-state index is 12.5. The molecule has 1 aromatic carbocycles. The molecule has 23 heavy (non-hydrogen) atoms. The molecule has 3 rings (SSSR count). The van der Waals surface area contributed by atoms with Crippen LogP contribution in [-0.4, -0.2) is 27.2 Å². The Labute approximate surface area is 141 Å². The fraction of sp³-hybridized carbons (Fsp3) is 0.500. The summed E-state index contributed by atoms with van der Waals surface area (Å²) in [4.78, 5) is 21.2. The molecule has 2 aromatic rings. The molecule has 4 nitrogen and oxygen atoms in total. The Hall–Kier alpha value is -1.62. The molecular formula is C18H23N3OS. The van der Waals surface area contributed by atoms with Crippen LogP contribution < -0.4 is 5.32 Å². The summed E-state index contributed by atoms with van der Waals surface area (Å²) in [6.45, 7) is 4.18. The lowest BCUT2D eigenvalue weighted by Gasteiger charge is -2.30. The Morgan fingerprint density at radius 3 is 2.87 bits per heavy atom. The standard InChI is InChI=1S/C18H23N3OS/c1-12-7-3-5-9-15(12)21-17(22)13(2)23-18-14-8-4-6-10-16(14)19-11-20-18/h4,6,8,10-13,15H,3,5,7,9H2,1-2H3,(H,21,22)/t12-,13-,15-/m1/s1. The molecule has 0 spiro atoms. The van der Waals surface area contributed by atoms with Crippen molar-refractivity contribution in [2.45, 2.75) is 55.8 Å². The van der Waals surface area contributed by atoms with Gasteiger partial charge in [-0.05, 0) is 31.7 Å². The van der Waals surface area contributed by atoms with E-state index in [-0.39, 0.29) is 11.2 Å².